The van der Waals surface area contributed by atoms with Crippen molar-refractivity contribution >= 4 is 11.6 Å². The van der Waals surface area contributed by atoms with Crippen LogP contribution in [0.1, 0.15) is 239 Å². The van der Waals surface area contributed by atoms with Gasteiger partial charge in [0.1, 0.15) is 17.2 Å². The third-order valence-corrected chi connectivity index (χ3v) is 15.4. The highest BCUT2D eigenvalue weighted by Crippen LogP contribution is 2.27. The van der Waals surface area contributed by atoms with Gasteiger partial charge in [-0.3, -0.25) is 0 Å². The number of rotatable bonds is 46. The normalized spacial score (nSPS) is 11.2. The molecule has 92 heavy (non-hydrogen) atoms. The van der Waals surface area contributed by atoms with Crippen LogP contribution in [0, 0.1) is 0 Å². The molecule has 3 heterocycles. The van der Waals surface area contributed by atoms with E-state index in [1.165, 1.54) is 195 Å². The van der Waals surface area contributed by atoms with Crippen LogP contribution in [0.15, 0.2) is 131 Å². The van der Waals surface area contributed by atoms with E-state index in [9.17, 15) is 27.6 Å². The first-order valence-electron chi connectivity index (χ1n) is 34.0. The van der Waals surface area contributed by atoms with E-state index in [0.29, 0.717) is 47.7 Å². The fourth-order valence-corrected chi connectivity index (χ4v) is 10.2. The minimum atomic E-state index is -4.82. The summed E-state index contributed by atoms with van der Waals surface area (Å²) >= 11 is 5.90. The number of nitrogens with zero attached hydrogens (tertiary/aromatic N) is 6. The highest BCUT2D eigenvalue weighted by atomic mass is 35.5. The average molecular weight is 1310 g/mol. The lowest BCUT2D eigenvalue weighted by atomic mass is 10.0. The molecule has 0 N–H and O–H groups in total. The summed E-state index contributed by atoms with van der Waals surface area (Å²) < 4.78 is 81.5. The summed E-state index contributed by atoms with van der Waals surface area (Å²) in [4.78, 5) is 35.9. The molecule has 17 nitrogen and oxygen atoms in total. The molecule has 0 aliphatic rings. The first-order valence-corrected chi connectivity index (χ1v) is 34.4. The molecule has 0 unspecified atom stereocenters. The number of ether oxygens (including phenoxy) is 5. The van der Waals surface area contributed by atoms with E-state index in [0.717, 1.165) is 61.8 Å². The van der Waals surface area contributed by atoms with Crippen LogP contribution in [0.3, 0.4) is 0 Å². The van der Waals surface area contributed by atoms with E-state index < -0.39 is 29.4 Å². The standard InChI is InChI=1S/C30H41ClN2O4.C25H37F3N2O4.C16H22N2O3/c1-2-3-4-5-6-7-8-9-10-11-12-13-14-15-24-35-29-32-33(30(34)37-29)26-18-22-28(23-19-26)36-27-20-16-25(31)17-21-27;1-2-3-4-5-6-7-8-9-10-11-12-13-14-15-19-32-23-29-30(24(31)33-23)21-17-16-18-22(20-21)34-25(26,27)28;1-2-3-4-5-6-10-13-20-15-17-18(16(19)21-15)14-11-8-7-9-12-14/h16-23H,2-15,24H2,1H3;16-18,20H,2-15,19H2,1H3;7-9,11-12H,2-6,10,13H2,1H3. The zero-order chi connectivity index (χ0) is 65.7. The minimum Gasteiger partial charge on any atom is -0.457 e. The highest BCUT2D eigenvalue weighted by Gasteiger charge is 2.31. The molecule has 4 aromatic carbocycles. The first kappa shape index (κ1) is 75.5. The van der Waals surface area contributed by atoms with Gasteiger partial charge in [-0.25, -0.2) is 14.4 Å². The predicted octanol–water partition coefficient (Wildman–Crippen LogP) is 20.3. The number of hydrogen-bond acceptors (Lipinski definition) is 14. The number of para-hydroxylation sites is 1. The number of aromatic nitrogens is 6. The lowest BCUT2D eigenvalue weighted by Gasteiger charge is -2.09. The summed E-state index contributed by atoms with van der Waals surface area (Å²) in [5.74, 6) is -1.10. The fourth-order valence-electron chi connectivity index (χ4n) is 10.1. The summed E-state index contributed by atoms with van der Waals surface area (Å²) in [6, 6.07) is 28.2. The van der Waals surface area contributed by atoms with Gasteiger partial charge in [-0.1, -0.05) is 271 Å². The zero-order valence-electron chi connectivity index (χ0n) is 54.7. The Hall–Kier alpha value is -7.22. The molecule has 0 bridgehead atoms. The number of benzene rings is 4. The SMILES string of the molecule is CCCCCCCCCCCCCCCCOc1nn(-c2ccc(Oc3ccc(Cl)cc3)cc2)c(=O)o1.CCCCCCCCCCCCCCCCOc1nn(-c2cccc(OC(F)(F)F)c2)c(=O)o1.CCCCCCCCOc1nn(-c2ccccc2)c(=O)o1. The second-order valence-corrected chi connectivity index (χ2v) is 23.5. The maximum atomic E-state index is 12.4. The number of unbranched alkanes of at least 4 members (excludes halogenated alkanes) is 31. The quantitative estimate of drug-likeness (QED) is 0.0327. The van der Waals surface area contributed by atoms with Crippen LogP contribution in [-0.2, 0) is 0 Å². The van der Waals surface area contributed by atoms with Gasteiger partial charge in [-0.2, -0.15) is 14.0 Å². The van der Waals surface area contributed by atoms with Crippen molar-refractivity contribution in [2.75, 3.05) is 19.8 Å². The summed E-state index contributed by atoms with van der Waals surface area (Å²) in [5, 5.41) is 12.8. The van der Waals surface area contributed by atoms with Crippen molar-refractivity contribution in [2.45, 2.75) is 245 Å². The Kier molecular flexibility index (Phi) is 37.7. The maximum absolute atomic E-state index is 12.4. The topological polar surface area (TPSA) is 190 Å². The predicted molar refractivity (Wildman–Crippen MR) is 355 cm³/mol. The molecule has 0 fully saturated rings. The molecule has 0 atom stereocenters. The monoisotopic (exact) mass is 1300 g/mol. The Morgan fingerprint density at radius 1 is 0.370 bits per heavy atom. The van der Waals surface area contributed by atoms with Crippen LogP contribution in [0.4, 0.5) is 13.2 Å². The van der Waals surface area contributed by atoms with Gasteiger partial charge in [0.05, 0.1) is 36.9 Å². The number of hydrogen-bond donors (Lipinski definition) is 0. The van der Waals surface area contributed by atoms with E-state index in [4.69, 9.17) is 43.8 Å². The van der Waals surface area contributed by atoms with Crippen molar-refractivity contribution in [1.29, 1.82) is 0 Å². The van der Waals surface area contributed by atoms with Gasteiger partial charge in [0.2, 0.25) is 0 Å². The molecule has 0 spiro atoms. The molecule has 0 aliphatic carbocycles. The van der Waals surface area contributed by atoms with E-state index in [-0.39, 0.29) is 23.9 Å². The molecular formula is C71H100ClF3N6O11. The fraction of sp³-hybridized carbons (Fsp3) is 0.577. The van der Waals surface area contributed by atoms with Crippen molar-refractivity contribution in [1.82, 2.24) is 29.3 Å². The Morgan fingerprint density at radius 3 is 1.02 bits per heavy atom. The Morgan fingerprint density at radius 2 is 0.674 bits per heavy atom. The third-order valence-electron chi connectivity index (χ3n) is 15.2. The van der Waals surface area contributed by atoms with Crippen molar-refractivity contribution < 1.29 is 50.1 Å². The molecule has 508 valence electrons. The molecule has 0 aliphatic heterocycles. The molecule has 7 aromatic rings. The molecule has 3 aromatic heterocycles. The Labute approximate surface area is 546 Å². The van der Waals surface area contributed by atoms with Gasteiger partial charge in [0.25, 0.3) is 0 Å². The van der Waals surface area contributed by atoms with Crippen LogP contribution in [0.25, 0.3) is 17.1 Å². The lowest BCUT2D eigenvalue weighted by molar-refractivity contribution is -0.274. The Bertz CT molecular complexity index is 3160. The van der Waals surface area contributed by atoms with Crippen molar-refractivity contribution in [3.63, 3.8) is 0 Å². The zero-order valence-corrected chi connectivity index (χ0v) is 55.4. The molecular weight excluding hydrogens is 1210 g/mol. The first-order chi connectivity index (χ1) is 44.8. The van der Waals surface area contributed by atoms with Crippen molar-refractivity contribution in [3.8, 4) is 52.5 Å². The minimum absolute atomic E-state index is 0.00110. The largest absolute Gasteiger partial charge is 0.573 e. The Balaban J connectivity index is 0.000000260. The van der Waals surface area contributed by atoms with Gasteiger partial charge in [-0.05, 0) is 92.1 Å². The number of alkyl halides is 3. The van der Waals surface area contributed by atoms with Gasteiger partial charge >= 0.3 is 41.9 Å². The van der Waals surface area contributed by atoms with E-state index in [1.54, 1.807) is 60.7 Å². The van der Waals surface area contributed by atoms with E-state index >= 15 is 0 Å². The van der Waals surface area contributed by atoms with Crippen LogP contribution in [0.2, 0.25) is 5.02 Å². The van der Waals surface area contributed by atoms with Crippen molar-refractivity contribution in [2.24, 2.45) is 0 Å². The maximum Gasteiger partial charge on any atom is 0.573 e. The van der Waals surface area contributed by atoms with Crippen molar-refractivity contribution in [3.05, 3.63) is 140 Å². The van der Waals surface area contributed by atoms with Gasteiger partial charge < -0.3 is 36.9 Å². The smallest absolute Gasteiger partial charge is 0.457 e. The third kappa shape index (κ3) is 32.4. The molecule has 21 heteroatoms. The van der Waals surface area contributed by atoms with Crippen LogP contribution < -0.4 is 41.0 Å². The molecule has 0 radical (unpaired) electrons. The highest BCUT2D eigenvalue weighted by molar-refractivity contribution is 6.30. The summed E-state index contributed by atoms with van der Waals surface area (Å²) in [6.07, 6.45) is 37.9. The van der Waals surface area contributed by atoms with Gasteiger partial charge in [-0.15, -0.1) is 13.2 Å². The van der Waals surface area contributed by atoms with E-state index in [2.05, 4.69) is 40.8 Å². The van der Waals surface area contributed by atoms with Gasteiger partial charge in [0, 0.05) is 11.1 Å². The van der Waals surface area contributed by atoms with Crippen LogP contribution >= 0.6 is 11.6 Å². The molecule has 0 amide bonds. The molecule has 7 rings (SSSR count). The number of halogens is 4. The van der Waals surface area contributed by atoms with E-state index in [1.807, 2.05) is 18.2 Å². The average Bonchev–Trinajstić information content (AvgIpc) is 1.74. The molecule has 0 saturated carbocycles. The lowest BCUT2D eigenvalue weighted by Crippen LogP contribution is -2.18. The second kappa shape index (κ2) is 45.9. The van der Waals surface area contributed by atoms with Crippen LogP contribution in [-0.4, -0.2) is 55.5 Å². The summed E-state index contributed by atoms with van der Waals surface area (Å²) in [5.41, 5.74) is 1.33. The summed E-state index contributed by atoms with van der Waals surface area (Å²) in [6.45, 7) is 8.09. The van der Waals surface area contributed by atoms with Gasteiger partial charge in [0.15, 0.2) is 0 Å². The summed E-state index contributed by atoms with van der Waals surface area (Å²) in [7, 11) is 0. The second-order valence-electron chi connectivity index (χ2n) is 23.1. The molecule has 0 saturated heterocycles. The van der Waals surface area contributed by atoms with Crippen LogP contribution in [0.5, 0.6) is 35.5 Å².